The minimum Gasteiger partial charge on any atom is -0.356 e. The van der Waals surface area contributed by atoms with Crippen molar-refractivity contribution in [2.24, 2.45) is 4.99 Å². The molecule has 30 heavy (non-hydrogen) atoms. The van der Waals surface area contributed by atoms with Crippen molar-refractivity contribution in [3.8, 4) is 0 Å². The molecule has 0 atom stereocenters. The SMILES string of the molecule is CN=C(NCCCS(=O)(=O)c1ccccc1)N1CCN(Cc2ccccc2)CC1.I. The van der Waals surface area contributed by atoms with Crippen molar-refractivity contribution in [1.29, 1.82) is 0 Å². The fourth-order valence-electron chi connectivity index (χ4n) is 3.50. The number of rotatable bonds is 7. The average Bonchev–Trinajstić information content (AvgIpc) is 2.76. The van der Waals surface area contributed by atoms with Crippen molar-refractivity contribution in [3.63, 3.8) is 0 Å². The van der Waals surface area contributed by atoms with Crippen molar-refractivity contribution in [1.82, 2.24) is 15.1 Å². The van der Waals surface area contributed by atoms with Crippen LogP contribution in [0.15, 0.2) is 70.6 Å². The summed E-state index contributed by atoms with van der Waals surface area (Å²) < 4.78 is 24.7. The first-order chi connectivity index (χ1) is 14.1. The summed E-state index contributed by atoms with van der Waals surface area (Å²) in [6.07, 6.45) is 0.546. The van der Waals surface area contributed by atoms with Gasteiger partial charge in [0.15, 0.2) is 15.8 Å². The van der Waals surface area contributed by atoms with E-state index in [0.717, 1.165) is 38.7 Å². The Balaban J connectivity index is 0.00000320. The van der Waals surface area contributed by atoms with Crippen molar-refractivity contribution in [3.05, 3.63) is 66.2 Å². The van der Waals surface area contributed by atoms with E-state index in [9.17, 15) is 8.42 Å². The molecular formula is C22H31IN4O2S. The van der Waals surface area contributed by atoms with E-state index in [1.807, 2.05) is 12.1 Å². The van der Waals surface area contributed by atoms with Crippen LogP contribution in [0.3, 0.4) is 0 Å². The van der Waals surface area contributed by atoms with Crippen molar-refractivity contribution < 1.29 is 8.42 Å². The van der Waals surface area contributed by atoms with Gasteiger partial charge in [-0.1, -0.05) is 48.5 Å². The third-order valence-electron chi connectivity index (χ3n) is 5.11. The molecular weight excluding hydrogens is 511 g/mol. The summed E-state index contributed by atoms with van der Waals surface area (Å²) in [7, 11) is -1.45. The van der Waals surface area contributed by atoms with Gasteiger partial charge < -0.3 is 10.2 Å². The van der Waals surface area contributed by atoms with Gasteiger partial charge in [0.1, 0.15) is 0 Å². The van der Waals surface area contributed by atoms with Gasteiger partial charge in [0.2, 0.25) is 0 Å². The summed E-state index contributed by atoms with van der Waals surface area (Å²) in [4.78, 5) is 9.46. The first-order valence-electron chi connectivity index (χ1n) is 10.1. The molecule has 1 N–H and O–H groups in total. The molecule has 8 heteroatoms. The number of piperazine rings is 1. The normalized spacial score (nSPS) is 15.5. The molecule has 6 nitrogen and oxygen atoms in total. The van der Waals surface area contributed by atoms with Crippen LogP contribution >= 0.6 is 24.0 Å². The van der Waals surface area contributed by atoms with Crippen LogP contribution in [0.4, 0.5) is 0 Å². The fraction of sp³-hybridized carbons (Fsp3) is 0.409. The van der Waals surface area contributed by atoms with E-state index in [1.54, 1.807) is 31.3 Å². The minimum absolute atomic E-state index is 0. The summed E-state index contributed by atoms with van der Waals surface area (Å²) in [5.41, 5.74) is 1.34. The van der Waals surface area contributed by atoms with Gasteiger partial charge in [0.25, 0.3) is 0 Å². The zero-order valence-electron chi connectivity index (χ0n) is 17.4. The molecule has 0 radical (unpaired) electrons. The van der Waals surface area contributed by atoms with E-state index < -0.39 is 9.84 Å². The number of guanidine groups is 1. The topological polar surface area (TPSA) is 65.0 Å². The second-order valence-corrected chi connectivity index (χ2v) is 9.32. The molecule has 1 saturated heterocycles. The molecule has 3 rings (SSSR count). The summed E-state index contributed by atoms with van der Waals surface area (Å²) >= 11 is 0. The van der Waals surface area contributed by atoms with Crippen LogP contribution in [0, 0.1) is 0 Å². The molecule has 1 aliphatic heterocycles. The number of halogens is 1. The molecule has 2 aromatic rings. The lowest BCUT2D eigenvalue weighted by Gasteiger charge is -2.36. The van der Waals surface area contributed by atoms with E-state index >= 15 is 0 Å². The Morgan fingerprint density at radius 3 is 2.17 bits per heavy atom. The highest BCUT2D eigenvalue weighted by Gasteiger charge is 2.20. The molecule has 0 aromatic heterocycles. The van der Waals surface area contributed by atoms with Crippen LogP contribution in [-0.4, -0.2) is 69.7 Å². The van der Waals surface area contributed by atoms with Gasteiger partial charge in [-0.2, -0.15) is 0 Å². The van der Waals surface area contributed by atoms with Crippen LogP contribution < -0.4 is 5.32 Å². The Hall–Kier alpha value is -1.65. The maximum Gasteiger partial charge on any atom is 0.193 e. The third-order valence-corrected chi connectivity index (χ3v) is 6.92. The smallest absolute Gasteiger partial charge is 0.193 e. The highest BCUT2D eigenvalue weighted by Crippen LogP contribution is 2.11. The first-order valence-corrected chi connectivity index (χ1v) is 11.7. The van der Waals surface area contributed by atoms with Gasteiger partial charge in [-0.15, -0.1) is 24.0 Å². The number of aliphatic imine (C=N–C) groups is 1. The number of sulfone groups is 1. The van der Waals surface area contributed by atoms with E-state index in [4.69, 9.17) is 0 Å². The predicted octanol–water partition coefficient (Wildman–Crippen LogP) is 2.86. The van der Waals surface area contributed by atoms with Crippen LogP contribution in [0.25, 0.3) is 0 Å². The molecule has 0 bridgehead atoms. The molecule has 0 unspecified atom stereocenters. The highest BCUT2D eigenvalue weighted by molar-refractivity contribution is 14.0. The number of hydrogen-bond acceptors (Lipinski definition) is 4. The summed E-state index contributed by atoms with van der Waals surface area (Å²) in [5, 5.41) is 3.32. The minimum atomic E-state index is -3.23. The Morgan fingerprint density at radius 1 is 0.967 bits per heavy atom. The highest BCUT2D eigenvalue weighted by atomic mass is 127. The van der Waals surface area contributed by atoms with Gasteiger partial charge in [-0.3, -0.25) is 9.89 Å². The van der Waals surface area contributed by atoms with Gasteiger partial charge in [0, 0.05) is 46.3 Å². The summed E-state index contributed by atoms with van der Waals surface area (Å²) in [5.74, 6) is 0.979. The molecule has 0 aliphatic carbocycles. The average molecular weight is 542 g/mol. The van der Waals surface area contributed by atoms with Crippen molar-refractivity contribution in [2.75, 3.05) is 45.5 Å². The first kappa shape index (κ1) is 24.6. The van der Waals surface area contributed by atoms with Crippen LogP contribution in [-0.2, 0) is 16.4 Å². The van der Waals surface area contributed by atoms with Crippen molar-refractivity contribution >= 4 is 39.8 Å². The zero-order valence-corrected chi connectivity index (χ0v) is 20.6. The van der Waals surface area contributed by atoms with Crippen LogP contribution in [0.1, 0.15) is 12.0 Å². The van der Waals surface area contributed by atoms with E-state index in [0.29, 0.717) is 17.9 Å². The predicted molar refractivity (Wildman–Crippen MR) is 133 cm³/mol. The van der Waals surface area contributed by atoms with Crippen molar-refractivity contribution in [2.45, 2.75) is 17.9 Å². The maximum atomic E-state index is 12.4. The standard InChI is InChI=1S/C22H30N4O2S.HI/c1-23-22(24-13-8-18-29(27,28)21-11-6-3-7-12-21)26-16-14-25(15-17-26)19-20-9-4-2-5-10-20;/h2-7,9-12H,8,13-19H2,1H3,(H,23,24);1H. The third kappa shape index (κ3) is 7.24. The number of nitrogens with zero attached hydrogens (tertiary/aromatic N) is 3. The maximum absolute atomic E-state index is 12.4. The molecule has 0 spiro atoms. The molecule has 1 fully saturated rings. The second kappa shape index (κ2) is 12.3. The second-order valence-electron chi connectivity index (χ2n) is 7.21. The van der Waals surface area contributed by atoms with E-state index in [-0.39, 0.29) is 29.7 Å². The Labute approximate surface area is 197 Å². The van der Waals surface area contributed by atoms with Gasteiger partial charge >= 0.3 is 0 Å². The quantitative estimate of drug-likeness (QED) is 0.253. The van der Waals surface area contributed by atoms with Gasteiger partial charge in [0.05, 0.1) is 10.6 Å². The molecule has 164 valence electrons. The molecule has 0 amide bonds. The van der Waals surface area contributed by atoms with Crippen LogP contribution in [0.2, 0.25) is 0 Å². The summed E-state index contributed by atoms with van der Waals surface area (Å²) in [6, 6.07) is 19.2. The number of benzene rings is 2. The lowest BCUT2D eigenvalue weighted by molar-refractivity contribution is 0.172. The summed E-state index contributed by atoms with van der Waals surface area (Å²) in [6.45, 7) is 5.35. The fourth-order valence-corrected chi connectivity index (χ4v) is 4.83. The van der Waals surface area contributed by atoms with Crippen LogP contribution in [0.5, 0.6) is 0 Å². The molecule has 2 aromatic carbocycles. The Bertz CT molecular complexity index is 884. The van der Waals surface area contributed by atoms with E-state index in [1.165, 1.54) is 5.56 Å². The van der Waals surface area contributed by atoms with Gasteiger partial charge in [-0.05, 0) is 24.1 Å². The largest absolute Gasteiger partial charge is 0.356 e. The molecule has 0 saturated carbocycles. The number of nitrogens with one attached hydrogen (secondary N) is 1. The molecule has 1 aliphatic rings. The Morgan fingerprint density at radius 2 is 1.57 bits per heavy atom. The molecule has 1 heterocycles. The van der Waals surface area contributed by atoms with Gasteiger partial charge in [-0.25, -0.2) is 8.42 Å². The Kier molecular flexibility index (Phi) is 10.1. The zero-order chi connectivity index (χ0) is 20.5. The lowest BCUT2D eigenvalue weighted by atomic mass is 10.2. The lowest BCUT2D eigenvalue weighted by Crippen LogP contribution is -2.52. The number of hydrogen-bond donors (Lipinski definition) is 1. The monoisotopic (exact) mass is 542 g/mol. The van der Waals surface area contributed by atoms with E-state index in [2.05, 4.69) is 44.4 Å².